The van der Waals surface area contributed by atoms with Crippen LogP contribution >= 0.6 is 0 Å². The normalized spacial score (nSPS) is 14.6. The Bertz CT molecular complexity index is 701. The Morgan fingerprint density at radius 1 is 1.29 bits per heavy atom. The summed E-state index contributed by atoms with van der Waals surface area (Å²) in [5, 5.41) is 9.18. The lowest BCUT2D eigenvalue weighted by Gasteiger charge is -2.07. The third-order valence-corrected chi connectivity index (χ3v) is 3.45. The molecule has 1 aromatic heterocycles. The first kappa shape index (κ1) is 13.5. The molecule has 0 atom stereocenters. The number of nitrogens with one attached hydrogen (secondary N) is 2. The molecule has 1 aliphatic carbocycles. The van der Waals surface area contributed by atoms with Gasteiger partial charge >= 0.3 is 0 Å². The van der Waals surface area contributed by atoms with Gasteiger partial charge in [0.2, 0.25) is 5.91 Å². The van der Waals surface area contributed by atoms with Gasteiger partial charge in [0.1, 0.15) is 0 Å². The number of H-pyrrole nitrogens is 1. The van der Waals surface area contributed by atoms with E-state index < -0.39 is 11.6 Å². The number of aromatic nitrogens is 2. The maximum atomic E-state index is 13.7. The molecule has 3 rings (SSSR count). The van der Waals surface area contributed by atoms with Crippen molar-refractivity contribution in [2.75, 3.05) is 5.32 Å². The number of benzene rings is 1. The van der Waals surface area contributed by atoms with Gasteiger partial charge in [-0.15, -0.1) is 0 Å². The van der Waals surface area contributed by atoms with E-state index in [1.807, 2.05) is 12.2 Å². The van der Waals surface area contributed by atoms with Crippen molar-refractivity contribution < 1.29 is 13.6 Å². The van der Waals surface area contributed by atoms with Crippen LogP contribution in [-0.4, -0.2) is 16.1 Å². The minimum absolute atomic E-state index is 0.0746. The van der Waals surface area contributed by atoms with Crippen LogP contribution < -0.4 is 5.32 Å². The lowest BCUT2D eigenvalue weighted by atomic mass is 10.1. The fourth-order valence-electron chi connectivity index (χ4n) is 2.30. The minimum Gasteiger partial charge on any atom is -0.309 e. The summed E-state index contributed by atoms with van der Waals surface area (Å²) in [6, 6.07) is 5.39. The van der Waals surface area contributed by atoms with Crippen molar-refractivity contribution in [2.45, 2.75) is 12.8 Å². The van der Waals surface area contributed by atoms with Crippen molar-refractivity contribution in [3.63, 3.8) is 0 Å². The van der Waals surface area contributed by atoms with Crippen LogP contribution in [0, 0.1) is 17.6 Å². The topological polar surface area (TPSA) is 57.8 Å². The Kier molecular flexibility index (Phi) is 3.51. The van der Waals surface area contributed by atoms with Crippen LogP contribution in [0.3, 0.4) is 0 Å². The molecule has 1 aliphatic rings. The van der Waals surface area contributed by atoms with Crippen LogP contribution in [0.2, 0.25) is 0 Å². The molecule has 0 aliphatic heterocycles. The fraction of sp³-hybridized carbons (Fsp3) is 0.200. The van der Waals surface area contributed by atoms with Crippen LogP contribution in [0.5, 0.6) is 0 Å². The van der Waals surface area contributed by atoms with Gasteiger partial charge in [0.05, 0.1) is 5.69 Å². The van der Waals surface area contributed by atoms with Crippen LogP contribution in [0.1, 0.15) is 12.8 Å². The first-order chi connectivity index (χ1) is 10.1. The number of allylic oxidation sites excluding steroid dienone is 2. The lowest BCUT2D eigenvalue weighted by Crippen LogP contribution is -2.20. The van der Waals surface area contributed by atoms with E-state index in [1.54, 1.807) is 0 Å². The second-order valence-electron chi connectivity index (χ2n) is 4.90. The van der Waals surface area contributed by atoms with Gasteiger partial charge in [-0.05, 0) is 25.0 Å². The zero-order valence-electron chi connectivity index (χ0n) is 11.1. The summed E-state index contributed by atoms with van der Waals surface area (Å²) in [5.41, 5.74) is 0.386. The smallest absolute Gasteiger partial charge is 0.229 e. The zero-order chi connectivity index (χ0) is 14.8. The monoisotopic (exact) mass is 289 g/mol. The summed E-state index contributed by atoms with van der Waals surface area (Å²) >= 11 is 0. The number of hydrogen-bond donors (Lipinski definition) is 2. The number of carbonyl (C=O) groups is 1. The fourth-order valence-corrected chi connectivity index (χ4v) is 2.30. The number of hydrogen-bond acceptors (Lipinski definition) is 2. The standard InChI is InChI=1S/C15H13F2N3O/c16-11-7-3-6-10(14(11)17)12-8-13(20-19-12)18-15(21)9-4-1-2-5-9/h1-3,6-9H,4-5H2,(H2,18,19,20,21). The van der Waals surface area contributed by atoms with Gasteiger partial charge in [-0.2, -0.15) is 5.10 Å². The summed E-state index contributed by atoms with van der Waals surface area (Å²) in [6.45, 7) is 0. The molecule has 4 nitrogen and oxygen atoms in total. The van der Waals surface area contributed by atoms with Gasteiger partial charge in [0.25, 0.3) is 0 Å². The molecule has 0 saturated heterocycles. The van der Waals surface area contributed by atoms with Crippen molar-refractivity contribution in [3.05, 3.63) is 48.1 Å². The number of amides is 1. The van der Waals surface area contributed by atoms with Crippen LogP contribution in [0.4, 0.5) is 14.6 Å². The Morgan fingerprint density at radius 3 is 2.81 bits per heavy atom. The molecule has 108 valence electrons. The molecular formula is C15H13F2N3O. The molecule has 2 N–H and O–H groups in total. The number of nitrogens with zero attached hydrogens (tertiary/aromatic N) is 1. The van der Waals surface area contributed by atoms with E-state index in [-0.39, 0.29) is 17.4 Å². The molecule has 0 bridgehead atoms. The second-order valence-corrected chi connectivity index (χ2v) is 4.90. The Labute approximate surface area is 119 Å². The van der Waals surface area contributed by atoms with Gasteiger partial charge in [-0.3, -0.25) is 9.89 Å². The van der Waals surface area contributed by atoms with Gasteiger partial charge in [0, 0.05) is 17.5 Å². The zero-order valence-corrected chi connectivity index (χ0v) is 11.1. The predicted molar refractivity (Wildman–Crippen MR) is 74.4 cm³/mol. The number of carbonyl (C=O) groups excluding carboxylic acids is 1. The summed E-state index contributed by atoms with van der Waals surface area (Å²) in [7, 11) is 0. The Hall–Kier alpha value is -2.50. The molecule has 0 unspecified atom stereocenters. The molecule has 2 aromatic rings. The van der Waals surface area contributed by atoms with Crippen molar-refractivity contribution in [2.24, 2.45) is 5.92 Å². The summed E-state index contributed by atoms with van der Waals surface area (Å²) in [6.07, 6.45) is 5.34. The second kappa shape index (κ2) is 5.47. The third kappa shape index (κ3) is 2.69. The first-order valence-corrected chi connectivity index (χ1v) is 6.61. The van der Waals surface area contributed by atoms with Gasteiger partial charge in [-0.1, -0.05) is 18.2 Å². The highest BCUT2D eigenvalue weighted by molar-refractivity contribution is 5.92. The lowest BCUT2D eigenvalue weighted by molar-refractivity contribution is -0.119. The van der Waals surface area contributed by atoms with Crippen LogP contribution in [0.25, 0.3) is 11.3 Å². The average Bonchev–Trinajstić information content (AvgIpc) is 3.13. The van der Waals surface area contributed by atoms with Crippen molar-refractivity contribution in [1.29, 1.82) is 0 Å². The molecule has 1 heterocycles. The molecule has 1 amide bonds. The van der Waals surface area contributed by atoms with E-state index in [0.717, 1.165) is 6.07 Å². The molecule has 1 aromatic carbocycles. The molecule has 0 radical (unpaired) electrons. The quantitative estimate of drug-likeness (QED) is 0.852. The molecular weight excluding hydrogens is 276 g/mol. The minimum atomic E-state index is -0.945. The molecule has 0 spiro atoms. The summed E-state index contributed by atoms with van der Waals surface area (Å²) < 4.78 is 26.9. The number of halogens is 2. The highest BCUT2D eigenvalue weighted by Gasteiger charge is 2.20. The van der Waals surface area contributed by atoms with Gasteiger partial charge < -0.3 is 5.32 Å². The highest BCUT2D eigenvalue weighted by Crippen LogP contribution is 2.25. The Balaban J connectivity index is 1.77. The van der Waals surface area contributed by atoms with Crippen LogP contribution in [0.15, 0.2) is 36.4 Å². The summed E-state index contributed by atoms with van der Waals surface area (Å²) in [5.74, 6) is -1.79. The van der Waals surface area contributed by atoms with E-state index in [1.165, 1.54) is 18.2 Å². The van der Waals surface area contributed by atoms with E-state index >= 15 is 0 Å². The average molecular weight is 289 g/mol. The van der Waals surface area contributed by atoms with Crippen molar-refractivity contribution in [1.82, 2.24) is 10.2 Å². The number of aromatic amines is 1. The molecule has 6 heteroatoms. The largest absolute Gasteiger partial charge is 0.309 e. The number of anilines is 1. The summed E-state index contributed by atoms with van der Waals surface area (Å²) in [4.78, 5) is 11.9. The SMILES string of the molecule is O=C(Nc1cc(-c2cccc(F)c2F)[nH]n1)C1CC=CC1. The van der Waals surface area contributed by atoms with Gasteiger partial charge in [-0.25, -0.2) is 8.78 Å². The maximum Gasteiger partial charge on any atom is 0.229 e. The van der Waals surface area contributed by atoms with E-state index in [9.17, 15) is 13.6 Å². The maximum absolute atomic E-state index is 13.7. The molecule has 0 saturated carbocycles. The highest BCUT2D eigenvalue weighted by atomic mass is 19.2. The molecule has 0 fully saturated rings. The van der Waals surface area contributed by atoms with Gasteiger partial charge in [0.15, 0.2) is 17.5 Å². The number of rotatable bonds is 3. The first-order valence-electron chi connectivity index (χ1n) is 6.61. The molecule has 21 heavy (non-hydrogen) atoms. The van der Waals surface area contributed by atoms with E-state index in [0.29, 0.717) is 24.4 Å². The van der Waals surface area contributed by atoms with Crippen molar-refractivity contribution in [3.8, 4) is 11.3 Å². The van der Waals surface area contributed by atoms with Crippen molar-refractivity contribution >= 4 is 11.7 Å². The van der Waals surface area contributed by atoms with E-state index in [2.05, 4.69) is 15.5 Å². The third-order valence-electron chi connectivity index (χ3n) is 3.45. The van der Waals surface area contributed by atoms with Crippen LogP contribution in [-0.2, 0) is 4.79 Å². The van der Waals surface area contributed by atoms with E-state index in [4.69, 9.17) is 0 Å². The predicted octanol–water partition coefficient (Wildman–Crippen LogP) is 3.26. The Morgan fingerprint density at radius 2 is 2.05 bits per heavy atom.